The average molecular weight is 371 g/mol. The smallest absolute Gasteiger partial charge is 0.293 e. The standard InChI is InChI=1S/C19H25N5O3/c1-13(2)21-19(25)15-4-5-17(18(12-15)24(26)27)23-10-7-14(8-11-23)16-6-9-20-22(16)3/h4-6,9,12-14H,7-8,10-11H2,1-3H3,(H,21,25). The van der Waals surface area contributed by atoms with Crippen molar-refractivity contribution >= 4 is 17.3 Å². The van der Waals surface area contributed by atoms with Crippen molar-refractivity contribution in [1.82, 2.24) is 15.1 Å². The average Bonchev–Trinajstić information content (AvgIpc) is 3.06. The Labute approximate surface area is 158 Å². The Morgan fingerprint density at radius 3 is 2.56 bits per heavy atom. The molecule has 8 heteroatoms. The van der Waals surface area contributed by atoms with Gasteiger partial charge in [0, 0.05) is 55.6 Å². The Kier molecular flexibility index (Phi) is 5.43. The number of carbonyl (C=O) groups is 1. The predicted octanol–water partition coefficient (Wildman–Crippen LogP) is 2.85. The molecule has 1 saturated heterocycles. The van der Waals surface area contributed by atoms with Crippen LogP contribution in [0.4, 0.5) is 11.4 Å². The summed E-state index contributed by atoms with van der Waals surface area (Å²) in [6, 6.07) is 6.73. The summed E-state index contributed by atoms with van der Waals surface area (Å²) in [5.74, 6) is 0.110. The lowest BCUT2D eigenvalue weighted by Crippen LogP contribution is -2.34. The topological polar surface area (TPSA) is 93.3 Å². The van der Waals surface area contributed by atoms with Crippen LogP contribution in [-0.2, 0) is 7.05 Å². The number of aryl methyl sites for hydroxylation is 1. The van der Waals surface area contributed by atoms with E-state index >= 15 is 0 Å². The molecule has 27 heavy (non-hydrogen) atoms. The van der Waals surface area contributed by atoms with E-state index in [9.17, 15) is 14.9 Å². The molecule has 2 heterocycles. The number of anilines is 1. The summed E-state index contributed by atoms with van der Waals surface area (Å²) in [6.07, 6.45) is 3.62. The zero-order valence-electron chi connectivity index (χ0n) is 15.9. The van der Waals surface area contributed by atoms with E-state index in [1.165, 1.54) is 11.8 Å². The molecule has 0 radical (unpaired) electrons. The van der Waals surface area contributed by atoms with Gasteiger partial charge in [-0.15, -0.1) is 0 Å². The van der Waals surface area contributed by atoms with E-state index in [-0.39, 0.29) is 17.6 Å². The lowest BCUT2D eigenvalue weighted by molar-refractivity contribution is -0.384. The molecule has 0 unspecified atom stereocenters. The molecule has 8 nitrogen and oxygen atoms in total. The van der Waals surface area contributed by atoms with Gasteiger partial charge in [-0.2, -0.15) is 5.10 Å². The van der Waals surface area contributed by atoms with Gasteiger partial charge in [-0.05, 0) is 44.9 Å². The van der Waals surface area contributed by atoms with Gasteiger partial charge >= 0.3 is 0 Å². The summed E-state index contributed by atoms with van der Waals surface area (Å²) < 4.78 is 1.89. The molecule has 1 aromatic carbocycles. The second-order valence-corrected chi connectivity index (χ2v) is 7.23. The molecule has 1 amide bonds. The van der Waals surface area contributed by atoms with Crippen LogP contribution in [0.1, 0.15) is 48.7 Å². The van der Waals surface area contributed by atoms with Gasteiger partial charge in [0.15, 0.2) is 0 Å². The Bertz CT molecular complexity index is 838. The number of hydrogen-bond acceptors (Lipinski definition) is 5. The molecule has 1 aromatic heterocycles. The van der Waals surface area contributed by atoms with Crippen molar-refractivity contribution in [3.8, 4) is 0 Å². The molecular weight excluding hydrogens is 346 g/mol. The highest BCUT2D eigenvalue weighted by atomic mass is 16.6. The molecular formula is C19H25N5O3. The van der Waals surface area contributed by atoms with Gasteiger partial charge in [-0.25, -0.2) is 0 Å². The Balaban J connectivity index is 1.77. The summed E-state index contributed by atoms with van der Waals surface area (Å²) in [5, 5.41) is 18.6. The highest BCUT2D eigenvalue weighted by Crippen LogP contribution is 2.35. The number of nitrogens with zero attached hydrogens (tertiary/aromatic N) is 4. The second kappa shape index (κ2) is 7.77. The molecule has 0 atom stereocenters. The van der Waals surface area contributed by atoms with E-state index in [1.807, 2.05) is 36.5 Å². The number of carbonyl (C=O) groups excluding carboxylic acids is 1. The molecule has 1 fully saturated rings. The molecule has 2 aromatic rings. The van der Waals surface area contributed by atoms with Crippen molar-refractivity contribution in [3.63, 3.8) is 0 Å². The Morgan fingerprint density at radius 1 is 1.30 bits per heavy atom. The summed E-state index contributed by atoms with van der Waals surface area (Å²) in [5.41, 5.74) is 2.06. The molecule has 0 spiro atoms. The third-order valence-corrected chi connectivity index (χ3v) is 4.97. The molecule has 1 N–H and O–H groups in total. The van der Waals surface area contributed by atoms with Gasteiger partial charge in [0.1, 0.15) is 5.69 Å². The fraction of sp³-hybridized carbons (Fsp3) is 0.474. The first-order valence-electron chi connectivity index (χ1n) is 9.19. The number of amides is 1. The first-order valence-corrected chi connectivity index (χ1v) is 9.19. The van der Waals surface area contributed by atoms with Crippen LogP contribution in [0, 0.1) is 10.1 Å². The van der Waals surface area contributed by atoms with E-state index in [2.05, 4.69) is 10.4 Å². The lowest BCUT2D eigenvalue weighted by Gasteiger charge is -2.33. The second-order valence-electron chi connectivity index (χ2n) is 7.23. The summed E-state index contributed by atoms with van der Waals surface area (Å²) in [4.78, 5) is 25.4. The van der Waals surface area contributed by atoms with Gasteiger partial charge in [-0.3, -0.25) is 19.6 Å². The largest absolute Gasteiger partial charge is 0.366 e. The fourth-order valence-electron chi connectivity index (χ4n) is 3.62. The number of hydrogen-bond donors (Lipinski definition) is 1. The molecule has 0 saturated carbocycles. The maximum atomic E-state index is 12.2. The quantitative estimate of drug-likeness (QED) is 0.644. The van der Waals surface area contributed by atoms with Crippen LogP contribution in [0.15, 0.2) is 30.5 Å². The van der Waals surface area contributed by atoms with Gasteiger partial charge in [0.25, 0.3) is 11.6 Å². The zero-order valence-corrected chi connectivity index (χ0v) is 15.9. The van der Waals surface area contributed by atoms with E-state index in [4.69, 9.17) is 0 Å². The van der Waals surface area contributed by atoms with Crippen molar-refractivity contribution < 1.29 is 9.72 Å². The first kappa shape index (κ1) is 18.9. The van der Waals surface area contributed by atoms with Crippen LogP contribution < -0.4 is 10.2 Å². The van der Waals surface area contributed by atoms with E-state index in [1.54, 1.807) is 18.3 Å². The highest BCUT2D eigenvalue weighted by Gasteiger charge is 2.27. The number of rotatable bonds is 5. The minimum atomic E-state index is -0.408. The van der Waals surface area contributed by atoms with Crippen LogP contribution in [0.2, 0.25) is 0 Å². The van der Waals surface area contributed by atoms with Gasteiger partial charge < -0.3 is 10.2 Å². The third kappa shape index (κ3) is 4.10. The SMILES string of the molecule is CC(C)NC(=O)c1ccc(N2CCC(c3ccnn3C)CC2)c([N+](=O)[O-])c1. The third-order valence-electron chi connectivity index (χ3n) is 4.97. The molecule has 3 rings (SSSR count). The Morgan fingerprint density at radius 2 is 2.00 bits per heavy atom. The van der Waals surface area contributed by atoms with Crippen molar-refractivity contribution in [2.45, 2.75) is 38.6 Å². The lowest BCUT2D eigenvalue weighted by atomic mass is 9.93. The maximum absolute atomic E-state index is 12.2. The van der Waals surface area contributed by atoms with Crippen LogP contribution in [0.3, 0.4) is 0 Å². The van der Waals surface area contributed by atoms with Crippen molar-refractivity contribution in [1.29, 1.82) is 0 Å². The number of benzene rings is 1. The van der Waals surface area contributed by atoms with E-state index in [0.29, 0.717) is 17.2 Å². The monoisotopic (exact) mass is 371 g/mol. The summed E-state index contributed by atoms with van der Waals surface area (Å²) in [6.45, 7) is 5.17. The van der Waals surface area contributed by atoms with Crippen LogP contribution >= 0.6 is 0 Å². The van der Waals surface area contributed by atoms with Gasteiger partial charge in [-0.1, -0.05) is 0 Å². The zero-order chi connectivity index (χ0) is 19.6. The van der Waals surface area contributed by atoms with Crippen molar-refractivity contribution in [2.24, 2.45) is 7.05 Å². The van der Waals surface area contributed by atoms with Crippen molar-refractivity contribution in [2.75, 3.05) is 18.0 Å². The highest BCUT2D eigenvalue weighted by molar-refractivity contribution is 5.96. The Hall–Kier alpha value is -2.90. The van der Waals surface area contributed by atoms with E-state index < -0.39 is 4.92 Å². The molecule has 0 aliphatic carbocycles. The summed E-state index contributed by atoms with van der Waals surface area (Å²) >= 11 is 0. The van der Waals surface area contributed by atoms with Crippen LogP contribution in [0.25, 0.3) is 0 Å². The normalized spacial score (nSPS) is 15.2. The molecule has 1 aliphatic rings. The number of aromatic nitrogens is 2. The number of piperidine rings is 1. The minimum absolute atomic E-state index is 0.0228. The van der Waals surface area contributed by atoms with Crippen molar-refractivity contribution in [3.05, 3.63) is 51.8 Å². The van der Waals surface area contributed by atoms with Crippen LogP contribution in [0.5, 0.6) is 0 Å². The predicted molar refractivity (Wildman–Crippen MR) is 103 cm³/mol. The number of nitro benzene ring substituents is 1. The number of nitro groups is 1. The summed E-state index contributed by atoms with van der Waals surface area (Å²) in [7, 11) is 1.94. The van der Waals surface area contributed by atoms with Crippen LogP contribution in [-0.4, -0.2) is 39.7 Å². The minimum Gasteiger partial charge on any atom is -0.366 e. The first-order chi connectivity index (χ1) is 12.9. The molecule has 144 valence electrons. The maximum Gasteiger partial charge on any atom is 0.293 e. The number of nitrogens with one attached hydrogen (secondary N) is 1. The molecule has 0 bridgehead atoms. The van der Waals surface area contributed by atoms with E-state index in [0.717, 1.165) is 25.9 Å². The van der Waals surface area contributed by atoms with Gasteiger partial charge in [0.05, 0.1) is 4.92 Å². The van der Waals surface area contributed by atoms with Gasteiger partial charge in [0.2, 0.25) is 0 Å². The fourth-order valence-corrected chi connectivity index (χ4v) is 3.62. The molecule has 1 aliphatic heterocycles.